The normalized spacial score (nSPS) is 54.7. The summed E-state index contributed by atoms with van der Waals surface area (Å²) in [6.07, 6.45) is 3.46. The summed E-state index contributed by atoms with van der Waals surface area (Å²) in [5.74, 6) is -0.553. The predicted molar refractivity (Wildman–Crippen MR) is 60.2 cm³/mol. The Balaban J connectivity index is 1.93. The first-order chi connectivity index (χ1) is 7.45. The van der Waals surface area contributed by atoms with Gasteiger partial charge in [0.25, 0.3) is 0 Å². The number of fused-ring (bicyclic) bond motifs is 2. The van der Waals surface area contributed by atoms with Crippen molar-refractivity contribution < 1.29 is 14.6 Å². The van der Waals surface area contributed by atoms with Gasteiger partial charge in [-0.2, -0.15) is 0 Å². The lowest BCUT2D eigenvalue weighted by molar-refractivity contribution is -0.172. The molecule has 0 bridgehead atoms. The molecule has 0 aromatic carbocycles. The zero-order valence-corrected chi connectivity index (χ0v) is 9.98. The second-order valence-corrected chi connectivity index (χ2v) is 6.03. The highest BCUT2D eigenvalue weighted by Gasteiger charge is 2.63. The summed E-state index contributed by atoms with van der Waals surface area (Å²) in [5.41, 5.74) is -0.141. The molecule has 0 aromatic heterocycles. The van der Waals surface area contributed by atoms with Crippen molar-refractivity contribution in [3.63, 3.8) is 0 Å². The smallest absolute Gasteiger partial charge is 0.163 e. The minimum absolute atomic E-state index is 0.000440. The molecule has 0 amide bonds. The van der Waals surface area contributed by atoms with Crippen LogP contribution >= 0.6 is 0 Å². The molecule has 2 unspecified atom stereocenters. The van der Waals surface area contributed by atoms with E-state index >= 15 is 0 Å². The van der Waals surface area contributed by atoms with Crippen LogP contribution in [-0.2, 0) is 9.47 Å². The Bertz CT molecular complexity index is 307. The molecule has 4 heteroatoms. The molecule has 16 heavy (non-hydrogen) atoms. The van der Waals surface area contributed by atoms with Crippen molar-refractivity contribution >= 4 is 7.85 Å². The summed E-state index contributed by atoms with van der Waals surface area (Å²) in [4.78, 5) is 0. The average Bonchev–Trinajstić information content (AvgIpc) is 2.75. The zero-order valence-electron chi connectivity index (χ0n) is 9.98. The maximum atomic E-state index is 10.2. The number of aliphatic hydroxyl groups is 1. The Morgan fingerprint density at radius 1 is 1.31 bits per heavy atom. The zero-order chi connectivity index (χ0) is 11.6. The van der Waals surface area contributed by atoms with Gasteiger partial charge in [0.15, 0.2) is 5.79 Å². The van der Waals surface area contributed by atoms with Crippen molar-refractivity contribution in [3.8, 4) is 0 Å². The van der Waals surface area contributed by atoms with E-state index < -0.39 is 5.79 Å². The standard InChI is InChI=1S/C12H19BO3/c1-11(2)15-9-7(13)6-12(10(9)16-11)5-3-4-8(12)14/h7-10,14H,3-6H2,1-2H3/t7-,8-,9?,10?,12-/m1/s1. The number of ether oxygens (including phenoxy) is 2. The van der Waals surface area contributed by atoms with Crippen molar-refractivity contribution in [2.45, 2.75) is 69.4 Å². The van der Waals surface area contributed by atoms with Gasteiger partial charge in [0.1, 0.15) is 0 Å². The van der Waals surface area contributed by atoms with Gasteiger partial charge < -0.3 is 14.6 Å². The molecule has 2 radical (unpaired) electrons. The molecule has 3 nitrogen and oxygen atoms in total. The fourth-order valence-electron chi connectivity index (χ4n) is 3.87. The van der Waals surface area contributed by atoms with Crippen LogP contribution in [-0.4, -0.2) is 37.1 Å². The Morgan fingerprint density at radius 3 is 2.69 bits per heavy atom. The van der Waals surface area contributed by atoms with Crippen molar-refractivity contribution in [2.75, 3.05) is 0 Å². The van der Waals surface area contributed by atoms with Crippen molar-refractivity contribution in [2.24, 2.45) is 5.41 Å². The third-order valence-electron chi connectivity index (χ3n) is 4.52. The molecule has 3 aliphatic rings. The Morgan fingerprint density at radius 2 is 2.06 bits per heavy atom. The van der Waals surface area contributed by atoms with E-state index in [0.717, 1.165) is 25.7 Å². The molecule has 5 atom stereocenters. The highest BCUT2D eigenvalue weighted by atomic mass is 16.8. The minimum Gasteiger partial charge on any atom is -0.392 e. The fourth-order valence-corrected chi connectivity index (χ4v) is 3.87. The van der Waals surface area contributed by atoms with E-state index in [1.54, 1.807) is 0 Å². The van der Waals surface area contributed by atoms with Gasteiger partial charge in [0.05, 0.1) is 26.2 Å². The lowest BCUT2D eigenvalue weighted by atomic mass is 9.76. The second kappa shape index (κ2) is 3.24. The van der Waals surface area contributed by atoms with Gasteiger partial charge >= 0.3 is 0 Å². The molecule has 1 spiro atoms. The molecule has 3 fully saturated rings. The van der Waals surface area contributed by atoms with Crippen LogP contribution in [0.4, 0.5) is 0 Å². The average molecular weight is 222 g/mol. The number of hydrogen-bond acceptors (Lipinski definition) is 3. The summed E-state index contributed by atoms with van der Waals surface area (Å²) in [7, 11) is 6.14. The summed E-state index contributed by atoms with van der Waals surface area (Å²) in [6, 6.07) is 0. The SMILES string of the molecule is [B][C@@H]1C[C@@]2(CCC[C@H]2O)C2OC(C)(C)OC21. The van der Waals surface area contributed by atoms with Gasteiger partial charge in [-0.15, -0.1) is 0 Å². The molecule has 0 aromatic rings. The Labute approximate surface area is 97.9 Å². The molecule has 2 aliphatic carbocycles. The van der Waals surface area contributed by atoms with Crippen LogP contribution in [0, 0.1) is 5.41 Å². The molecule has 3 rings (SSSR count). The van der Waals surface area contributed by atoms with E-state index in [1.807, 2.05) is 13.8 Å². The quantitative estimate of drug-likeness (QED) is 0.629. The maximum Gasteiger partial charge on any atom is 0.163 e. The van der Waals surface area contributed by atoms with Gasteiger partial charge in [0, 0.05) is 5.41 Å². The topological polar surface area (TPSA) is 38.7 Å². The summed E-state index contributed by atoms with van der Waals surface area (Å²) < 4.78 is 11.9. The van der Waals surface area contributed by atoms with Crippen molar-refractivity contribution in [1.29, 1.82) is 0 Å². The van der Waals surface area contributed by atoms with E-state index in [2.05, 4.69) is 0 Å². The van der Waals surface area contributed by atoms with Crippen LogP contribution < -0.4 is 0 Å². The highest BCUT2D eigenvalue weighted by molar-refractivity contribution is 6.12. The lowest BCUT2D eigenvalue weighted by Crippen LogP contribution is -2.41. The van der Waals surface area contributed by atoms with E-state index in [-0.39, 0.29) is 29.5 Å². The number of hydrogen-bond donors (Lipinski definition) is 1. The monoisotopic (exact) mass is 222 g/mol. The molecular formula is C12H19BO3. The van der Waals surface area contributed by atoms with Crippen LogP contribution in [0.5, 0.6) is 0 Å². The van der Waals surface area contributed by atoms with E-state index in [0.29, 0.717) is 0 Å². The summed E-state index contributed by atoms with van der Waals surface area (Å²) in [5, 5.41) is 10.2. The van der Waals surface area contributed by atoms with Gasteiger partial charge in [-0.1, -0.05) is 6.42 Å². The molecule has 1 heterocycles. The van der Waals surface area contributed by atoms with Gasteiger partial charge in [-0.3, -0.25) is 0 Å². The van der Waals surface area contributed by atoms with Gasteiger partial charge in [0.2, 0.25) is 0 Å². The molecule has 88 valence electrons. The molecular weight excluding hydrogens is 203 g/mol. The predicted octanol–water partition coefficient (Wildman–Crippen LogP) is 1.40. The molecule has 2 saturated carbocycles. The van der Waals surface area contributed by atoms with E-state index in [1.165, 1.54) is 0 Å². The Kier molecular flexibility index (Phi) is 2.24. The maximum absolute atomic E-state index is 10.2. The van der Waals surface area contributed by atoms with E-state index in [9.17, 15) is 5.11 Å². The largest absolute Gasteiger partial charge is 0.392 e. The number of aliphatic hydroxyl groups excluding tert-OH is 1. The van der Waals surface area contributed by atoms with Crippen LogP contribution in [0.2, 0.25) is 5.82 Å². The summed E-state index contributed by atoms with van der Waals surface area (Å²) >= 11 is 0. The first kappa shape index (κ1) is 11.1. The molecule has 1 saturated heterocycles. The Hall–Kier alpha value is -0.0551. The van der Waals surface area contributed by atoms with Crippen LogP contribution in [0.1, 0.15) is 39.5 Å². The van der Waals surface area contributed by atoms with Crippen LogP contribution in [0.3, 0.4) is 0 Å². The first-order valence-corrected chi connectivity index (χ1v) is 6.24. The lowest BCUT2D eigenvalue weighted by Gasteiger charge is -2.34. The third-order valence-corrected chi connectivity index (χ3v) is 4.52. The second-order valence-electron chi connectivity index (χ2n) is 6.03. The van der Waals surface area contributed by atoms with Crippen LogP contribution in [0.25, 0.3) is 0 Å². The minimum atomic E-state index is -0.553. The highest BCUT2D eigenvalue weighted by Crippen LogP contribution is 2.59. The molecule has 1 N–H and O–H groups in total. The van der Waals surface area contributed by atoms with Crippen molar-refractivity contribution in [3.05, 3.63) is 0 Å². The fraction of sp³-hybridized carbons (Fsp3) is 1.00. The van der Waals surface area contributed by atoms with E-state index in [4.69, 9.17) is 17.3 Å². The van der Waals surface area contributed by atoms with Gasteiger partial charge in [-0.25, -0.2) is 0 Å². The van der Waals surface area contributed by atoms with Crippen molar-refractivity contribution in [1.82, 2.24) is 0 Å². The third kappa shape index (κ3) is 1.33. The number of rotatable bonds is 0. The summed E-state index contributed by atoms with van der Waals surface area (Å²) in [6.45, 7) is 3.85. The van der Waals surface area contributed by atoms with Gasteiger partial charge in [-0.05, 0) is 38.9 Å². The first-order valence-electron chi connectivity index (χ1n) is 6.24. The molecule has 1 aliphatic heterocycles. The van der Waals surface area contributed by atoms with Crippen LogP contribution in [0.15, 0.2) is 0 Å².